The van der Waals surface area contributed by atoms with Gasteiger partial charge in [-0.15, -0.1) is 0 Å². The number of ether oxygens (including phenoxy) is 2. The van der Waals surface area contributed by atoms with E-state index in [1.54, 1.807) is 18.2 Å². The van der Waals surface area contributed by atoms with E-state index in [-0.39, 0.29) is 18.3 Å². The Morgan fingerprint density at radius 2 is 2.19 bits per heavy atom. The Bertz CT molecular complexity index is 482. The van der Waals surface area contributed by atoms with E-state index in [4.69, 9.17) is 32.7 Å². The summed E-state index contributed by atoms with van der Waals surface area (Å²) in [6, 6.07) is 5.19. The quantitative estimate of drug-likeness (QED) is 0.899. The molecule has 21 heavy (non-hydrogen) atoms. The number of benzene rings is 1. The summed E-state index contributed by atoms with van der Waals surface area (Å²) in [5, 5.41) is 10.4. The van der Waals surface area contributed by atoms with E-state index >= 15 is 0 Å². The average Bonchev–Trinajstić information content (AvgIpc) is 2.39. The summed E-state index contributed by atoms with van der Waals surface area (Å²) in [6.45, 7) is 6.87. The molecule has 0 amide bonds. The summed E-state index contributed by atoms with van der Waals surface area (Å²) in [4.78, 5) is 2.23. The van der Waals surface area contributed by atoms with Gasteiger partial charge in [0.2, 0.25) is 0 Å². The van der Waals surface area contributed by atoms with Gasteiger partial charge in [0.15, 0.2) is 0 Å². The Balaban J connectivity index is 1.85. The van der Waals surface area contributed by atoms with Gasteiger partial charge in [0, 0.05) is 24.7 Å². The average molecular weight is 334 g/mol. The van der Waals surface area contributed by atoms with Crippen LogP contribution in [0.4, 0.5) is 0 Å². The van der Waals surface area contributed by atoms with Crippen molar-refractivity contribution in [3.05, 3.63) is 28.2 Å². The second-order valence-electron chi connectivity index (χ2n) is 5.84. The minimum absolute atomic E-state index is 0.0315. The van der Waals surface area contributed by atoms with Gasteiger partial charge in [-0.1, -0.05) is 23.2 Å². The highest BCUT2D eigenvalue weighted by Gasteiger charge is 2.32. The molecule has 1 aliphatic rings. The molecule has 0 bridgehead atoms. The van der Waals surface area contributed by atoms with Gasteiger partial charge < -0.3 is 14.6 Å². The third-order valence-electron chi connectivity index (χ3n) is 3.31. The Hall–Kier alpha value is -0.520. The summed E-state index contributed by atoms with van der Waals surface area (Å²) in [7, 11) is 0. The second-order valence-corrected chi connectivity index (χ2v) is 6.68. The fourth-order valence-corrected chi connectivity index (χ4v) is 3.02. The third-order valence-corrected chi connectivity index (χ3v) is 3.85. The predicted molar refractivity (Wildman–Crippen MR) is 84.4 cm³/mol. The molecule has 0 spiro atoms. The van der Waals surface area contributed by atoms with Crippen molar-refractivity contribution in [1.29, 1.82) is 0 Å². The highest BCUT2D eigenvalue weighted by atomic mass is 35.5. The van der Waals surface area contributed by atoms with Gasteiger partial charge in [0.1, 0.15) is 12.4 Å². The zero-order valence-electron chi connectivity index (χ0n) is 12.3. The van der Waals surface area contributed by atoms with Crippen molar-refractivity contribution < 1.29 is 14.6 Å². The molecule has 6 heteroatoms. The van der Waals surface area contributed by atoms with Gasteiger partial charge in [-0.3, -0.25) is 4.90 Å². The van der Waals surface area contributed by atoms with Crippen molar-refractivity contribution >= 4 is 23.2 Å². The summed E-state index contributed by atoms with van der Waals surface area (Å²) in [5.74, 6) is 0.632. The fourth-order valence-electron chi connectivity index (χ4n) is 2.56. The molecule has 1 aromatic carbocycles. The first-order valence-corrected chi connectivity index (χ1v) is 7.74. The van der Waals surface area contributed by atoms with Crippen LogP contribution in [0, 0.1) is 0 Å². The molecule has 0 radical (unpaired) electrons. The van der Waals surface area contributed by atoms with E-state index in [2.05, 4.69) is 4.90 Å². The fraction of sp³-hybridized carbons (Fsp3) is 0.600. The minimum atomic E-state index is -0.260. The molecule has 4 nitrogen and oxygen atoms in total. The topological polar surface area (TPSA) is 41.9 Å². The molecule has 0 aromatic heterocycles. The molecule has 2 rings (SSSR count). The molecule has 1 fully saturated rings. The lowest BCUT2D eigenvalue weighted by molar-refractivity contribution is -0.149. The van der Waals surface area contributed by atoms with E-state index in [1.807, 2.05) is 13.8 Å². The maximum absolute atomic E-state index is 9.29. The van der Waals surface area contributed by atoms with Gasteiger partial charge in [0.25, 0.3) is 0 Å². The number of morpholine rings is 1. The van der Waals surface area contributed by atoms with Crippen molar-refractivity contribution in [3.8, 4) is 5.75 Å². The number of hydrogen-bond acceptors (Lipinski definition) is 4. The molecule has 1 N–H and O–H groups in total. The normalized spacial score (nSPS) is 22.2. The van der Waals surface area contributed by atoms with E-state index in [0.717, 1.165) is 13.1 Å². The predicted octanol–water partition coefficient (Wildman–Crippen LogP) is 2.84. The van der Waals surface area contributed by atoms with Crippen LogP contribution in [0.2, 0.25) is 10.0 Å². The second kappa shape index (κ2) is 7.16. The van der Waals surface area contributed by atoms with Crippen LogP contribution in [0.5, 0.6) is 5.75 Å². The summed E-state index contributed by atoms with van der Waals surface area (Å²) < 4.78 is 11.5. The third kappa shape index (κ3) is 5.01. The maximum Gasteiger partial charge on any atom is 0.138 e. The van der Waals surface area contributed by atoms with Crippen molar-refractivity contribution in [1.82, 2.24) is 4.90 Å². The van der Waals surface area contributed by atoms with Gasteiger partial charge in [-0.05, 0) is 32.0 Å². The first kappa shape index (κ1) is 16.8. The lowest BCUT2D eigenvalue weighted by Crippen LogP contribution is -2.54. The van der Waals surface area contributed by atoms with E-state index in [9.17, 15) is 5.11 Å². The van der Waals surface area contributed by atoms with Crippen LogP contribution >= 0.6 is 23.2 Å². The molecule has 1 heterocycles. The summed E-state index contributed by atoms with van der Waals surface area (Å²) in [5.41, 5.74) is -0.260. The molecular formula is C15H21Cl2NO3. The van der Waals surface area contributed by atoms with E-state index < -0.39 is 0 Å². The zero-order chi connectivity index (χ0) is 15.5. The Kier molecular flexibility index (Phi) is 5.74. The molecule has 1 aromatic rings. The molecule has 0 aliphatic carbocycles. The smallest absolute Gasteiger partial charge is 0.138 e. The number of nitrogens with zero attached hydrogens (tertiary/aromatic N) is 1. The standard InChI is InChI=1S/C15H21Cl2NO3/c1-15(2)10-18(8-12(9-19)21-15)5-6-20-14-4-3-11(16)7-13(14)17/h3-4,7,12,19H,5-6,8-10H2,1-2H3. The monoisotopic (exact) mass is 333 g/mol. The SMILES string of the molecule is CC1(C)CN(CCOc2ccc(Cl)cc2Cl)CC(CO)O1. The van der Waals surface area contributed by atoms with Gasteiger partial charge in [0.05, 0.1) is 23.3 Å². The molecule has 1 saturated heterocycles. The van der Waals surface area contributed by atoms with Crippen LogP contribution in [0.3, 0.4) is 0 Å². The van der Waals surface area contributed by atoms with Crippen LogP contribution in [-0.2, 0) is 4.74 Å². The minimum Gasteiger partial charge on any atom is -0.491 e. The van der Waals surface area contributed by atoms with Gasteiger partial charge >= 0.3 is 0 Å². The van der Waals surface area contributed by atoms with Crippen molar-refractivity contribution in [2.24, 2.45) is 0 Å². The number of aliphatic hydroxyl groups excluding tert-OH is 1. The van der Waals surface area contributed by atoms with Crippen LogP contribution in [0.15, 0.2) is 18.2 Å². The Morgan fingerprint density at radius 3 is 2.86 bits per heavy atom. The Labute approximate surface area is 135 Å². The van der Waals surface area contributed by atoms with Crippen molar-refractivity contribution in [3.63, 3.8) is 0 Å². The van der Waals surface area contributed by atoms with E-state index in [1.165, 1.54) is 0 Å². The van der Waals surface area contributed by atoms with Crippen LogP contribution in [0.1, 0.15) is 13.8 Å². The maximum atomic E-state index is 9.29. The lowest BCUT2D eigenvalue weighted by Gasteiger charge is -2.42. The van der Waals surface area contributed by atoms with Gasteiger partial charge in [-0.2, -0.15) is 0 Å². The number of hydrogen-bond donors (Lipinski definition) is 1. The molecule has 1 atom stereocenters. The highest BCUT2D eigenvalue weighted by molar-refractivity contribution is 6.35. The summed E-state index contributed by atoms with van der Waals surface area (Å²) in [6.07, 6.45) is -0.145. The van der Waals surface area contributed by atoms with E-state index in [0.29, 0.717) is 28.9 Å². The number of rotatable bonds is 5. The number of aliphatic hydroxyl groups is 1. The number of halogens is 2. The first-order chi connectivity index (χ1) is 9.89. The molecule has 1 unspecified atom stereocenters. The van der Waals surface area contributed by atoms with Crippen LogP contribution in [0.25, 0.3) is 0 Å². The molecular weight excluding hydrogens is 313 g/mol. The lowest BCUT2D eigenvalue weighted by atomic mass is 10.1. The Morgan fingerprint density at radius 1 is 1.43 bits per heavy atom. The molecule has 118 valence electrons. The van der Waals surface area contributed by atoms with Gasteiger partial charge in [-0.25, -0.2) is 0 Å². The first-order valence-electron chi connectivity index (χ1n) is 6.98. The van der Waals surface area contributed by atoms with Crippen LogP contribution < -0.4 is 4.74 Å². The zero-order valence-corrected chi connectivity index (χ0v) is 13.8. The van der Waals surface area contributed by atoms with Crippen molar-refractivity contribution in [2.45, 2.75) is 25.6 Å². The van der Waals surface area contributed by atoms with Crippen molar-refractivity contribution in [2.75, 3.05) is 32.8 Å². The molecule has 0 saturated carbocycles. The highest BCUT2D eigenvalue weighted by Crippen LogP contribution is 2.27. The summed E-state index contributed by atoms with van der Waals surface area (Å²) >= 11 is 11.9. The molecule has 1 aliphatic heterocycles. The van der Waals surface area contributed by atoms with Crippen LogP contribution in [-0.4, -0.2) is 54.6 Å². The largest absolute Gasteiger partial charge is 0.491 e.